The van der Waals surface area contributed by atoms with Gasteiger partial charge in [0.25, 0.3) is 5.89 Å². The van der Waals surface area contributed by atoms with E-state index in [-0.39, 0.29) is 18.4 Å². The van der Waals surface area contributed by atoms with Crippen LogP contribution in [-0.2, 0) is 6.61 Å². The number of hydrogen-bond acceptors (Lipinski definition) is 7. The molecule has 0 aromatic carbocycles. The molecule has 0 saturated carbocycles. The Labute approximate surface area is 126 Å². The van der Waals surface area contributed by atoms with Gasteiger partial charge in [-0.2, -0.15) is 10.2 Å². The van der Waals surface area contributed by atoms with Gasteiger partial charge in [0.05, 0.1) is 6.26 Å². The summed E-state index contributed by atoms with van der Waals surface area (Å²) in [5, 5.41) is 13.0. The van der Waals surface area contributed by atoms with E-state index in [2.05, 4.69) is 21.2 Å². The van der Waals surface area contributed by atoms with E-state index < -0.39 is 0 Å². The van der Waals surface area contributed by atoms with Gasteiger partial charge in [-0.1, -0.05) is 5.16 Å². The second kappa shape index (κ2) is 5.69. The maximum atomic E-state index is 9.18. The minimum absolute atomic E-state index is 0.0261. The molecule has 0 atom stereocenters. The van der Waals surface area contributed by atoms with Gasteiger partial charge in [0.1, 0.15) is 11.6 Å². The molecule has 0 aliphatic heterocycles. The van der Waals surface area contributed by atoms with Gasteiger partial charge in [-0.3, -0.25) is 0 Å². The summed E-state index contributed by atoms with van der Waals surface area (Å²) in [7, 11) is 0. The number of rotatable bonds is 4. The lowest BCUT2D eigenvalue weighted by Crippen LogP contribution is -2.02. The highest BCUT2D eigenvalue weighted by molar-refractivity contribution is 5.46. The molecule has 0 fully saturated rings. The molecule has 0 unspecified atom stereocenters. The Hall–Kier alpha value is -3.14. The van der Waals surface area contributed by atoms with E-state index in [0.717, 1.165) is 11.3 Å². The number of nitrogens with zero attached hydrogens (tertiary/aromatic N) is 4. The van der Waals surface area contributed by atoms with Crippen molar-refractivity contribution < 1.29 is 13.7 Å². The first-order valence-electron chi connectivity index (χ1n) is 6.55. The first kappa shape index (κ1) is 13.8. The Balaban J connectivity index is 1.78. The van der Waals surface area contributed by atoms with E-state index >= 15 is 0 Å². The molecule has 0 amide bonds. The molecule has 3 aromatic heterocycles. The molecule has 0 saturated heterocycles. The molecular formula is C15H12N4O3. The fraction of sp³-hybridized carbons (Fsp3) is 0.200. The van der Waals surface area contributed by atoms with Crippen LogP contribution in [0.2, 0.25) is 0 Å². The van der Waals surface area contributed by atoms with Crippen molar-refractivity contribution in [1.82, 2.24) is 15.1 Å². The van der Waals surface area contributed by atoms with Crippen molar-refractivity contribution in [2.75, 3.05) is 0 Å². The molecule has 0 aliphatic carbocycles. The van der Waals surface area contributed by atoms with Crippen LogP contribution in [0.15, 0.2) is 33.4 Å². The molecule has 0 spiro atoms. The fourth-order valence-corrected chi connectivity index (χ4v) is 1.99. The second-order valence-corrected chi connectivity index (χ2v) is 4.65. The van der Waals surface area contributed by atoms with Crippen LogP contribution in [0.1, 0.15) is 22.7 Å². The van der Waals surface area contributed by atoms with Crippen LogP contribution in [0.4, 0.5) is 0 Å². The summed E-state index contributed by atoms with van der Waals surface area (Å²) in [6.07, 6.45) is 1.53. The van der Waals surface area contributed by atoms with E-state index in [1.165, 1.54) is 6.26 Å². The zero-order chi connectivity index (χ0) is 15.5. The van der Waals surface area contributed by atoms with Crippen LogP contribution in [0.3, 0.4) is 0 Å². The molecule has 22 heavy (non-hydrogen) atoms. The van der Waals surface area contributed by atoms with Crippen molar-refractivity contribution in [3.63, 3.8) is 0 Å². The lowest BCUT2D eigenvalue weighted by molar-refractivity contribution is 0.234. The van der Waals surface area contributed by atoms with E-state index in [1.807, 2.05) is 19.9 Å². The van der Waals surface area contributed by atoms with Crippen LogP contribution in [0.5, 0.6) is 5.88 Å². The van der Waals surface area contributed by atoms with Gasteiger partial charge in [-0.05, 0) is 37.6 Å². The highest BCUT2D eigenvalue weighted by Crippen LogP contribution is 2.21. The van der Waals surface area contributed by atoms with Crippen molar-refractivity contribution in [1.29, 1.82) is 5.26 Å². The fourth-order valence-electron chi connectivity index (χ4n) is 1.99. The molecule has 0 aliphatic rings. The van der Waals surface area contributed by atoms with Gasteiger partial charge in [0, 0.05) is 5.69 Å². The van der Waals surface area contributed by atoms with E-state index in [4.69, 9.17) is 13.7 Å². The van der Waals surface area contributed by atoms with Crippen LogP contribution in [-0.4, -0.2) is 15.1 Å². The quantitative estimate of drug-likeness (QED) is 0.730. The number of aromatic nitrogens is 3. The van der Waals surface area contributed by atoms with Crippen molar-refractivity contribution >= 4 is 0 Å². The summed E-state index contributed by atoms with van der Waals surface area (Å²) in [6, 6.07) is 7.38. The highest BCUT2D eigenvalue weighted by Gasteiger charge is 2.14. The maximum Gasteiger partial charge on any atom is 0.265 e. The summed E-state index contributed by atoms with van der Waals surface area (Å²) in [6.45, 7) is 3.70. The number of pyridine rings is 1. The smallest absolute Gasteiger partial charge is 0.265 e. The third kappa shape index (κ3) is 2.67. The van der Waals surface area contributed by atoms with Gasteiger partial charge in [0.2, 0.25) is 11.7 Å². The molecule has 0 N–H and O–H groups in total. The van der Waals surface area contributed by atoms with Gasteiger partial charge in [0.15, 0.2) is 12.4 Å². The van der Waals surface area contributed by atoms with Gasteiger partial charge >= 0.3 is 0 Å². The van der Waals surface area contributed by atoms with Crippen LogP contribution < -0.4 is 4.74 Å². The molecular weight excluding hydrogens is 284 g/mol. The summed E-state index contributed by atoms with van der Waals surface area (Å²) in [5.74, 6) is 1.39. The molecule has 0 bridgehead atoms. The van der Waals surface area contributed by atoms with E-state index in [0.29, 0.717) is 17.1 Å². The number of furan rings is 1. The molecule has 3 aromatic rings. The summed E-state index contributed by atoms with van der Waals surface area (Å²) in [4.78, 5) is 8.38. The topological polar surface area (TPSA) is 98.0 Å². The van der Waals surface area contributed by atoms with Gasteiger partial charge in [-0.15, -0.1) is 0 Å². The largest absolute Gasteiger partial charge is 0.467 e. The summed E-state index contributed by atoms with van der Waals surface area (Å²) in [5.41, 5.74) is 1.98. The van der Waals surface area contributed by atoms with E-state index in [1.54, 1.807) is 12.1 Å². The Morgan fingerprint density at radius 1 is 1.32 bits per heavy atom. The predicted octanol–water partition coefficient (Wildman–Crippen LogP) is 2.79. The Bertz CT molecular complexity index is 831. The average molecular weight is 296 g/mol. The Morgan fingerprint density at radius 2 is 2.18 bits per heavy atom. The van der Waals surface area contributed by atoms with Crippen LogP contribution in [0.25, 0.3) is 11.6 Å². The number of ether oxygens (including phenoxy) is 1. The van der Waals surface area contributed by atoms with Crippen LogP contribution >= 0.6 is 0 Å². The van der Waals surface area contributed by atoms with Crippen molar-refractivity contribution in [3.8, 4) is 23.5 Å². The van der Waals surface area contributed by atoms with Gasteiger partial charge < -0.3 is 13.7 Å². The highest BCUT2D eigenvalue weighted by atomic mass is 16.5. The number of hydrogen-bond donors (Lipinski definition) is 0. The zero-order valence-electron chi connectivity index (χ0n) is 12.0. The maximum absolute atomic E-state index is 9.18. The van der Waals surface area contributed by atoms with Crippen molar-refractivity contribution in [2.24, 2.45) is 0 Å². The lowest BCUT2D eigenvalue weighted by atomic mass is 10.1. The average Bonchev–Trinajstić information content (AvgIpc) is 3.15. The normalized spacial score (nSPS) is 10.4. The minimum Gasteiger partial charge on any atom is -0.467 e. The lowest BCUT2D eigenvalue weighted by Gasteiger charge is -2.07. The van der Waals surface area contributed by atoms with Crippen molar-refractivity contribution in [3.05, 3.63) is 47.2 Å². The molecule has 7 heteroatoms. The first-order chi connectivity index (χ1) is 10.7. The molecule has 3 heterocycles. The number of nitriles is 1. The zero-order valence-corrected chi connectivity index (χ0v) is 12.0. The number of aryl methyl sites for hydroxylation is 2. The minimum atomic E-state index is 0.0261. The van der Waals surface area contributed by atoms with Gasteiger partial charge in [-0.25, -0.2) is 4.98 Å². The second-order valence-electron chi connectivity index (χ2n) is 4.65. The molecule has 110 valence electrons. The SMILES string of the molecule is Cc1cc(C)c(C#N)c(OCc2nc(-c3ccco3)no2)n1. The summed E-state index contributed by atoms with van der Waals surface area (Å²) >= 11 is 0. The molecule has 3 rings (SSSR count). The third-order valence-corrected chi connectivity index (χ3v) is 2.97. The first-order valence-corrected chi connectivity index (χ1v) is 6.55. The predicted molar refractivity (Wildman–Crippen MR) is 74.8 cm³/mol. The van der Waals surface area contributed by atoms with Crippen LogP contribution in [0, 0.1) is 25.2 Å². The van der Waals surface area contributed by atoms with Crippen molar-refractivity contribution in [2.45, 2.75) is 20.5 Å². The molecule has 7 nitrogen and oxygen atoms in total. The molecule has 0 radical (unpaired) electrons. The van der Waals surface area contributed by atoms with E-state index in [9.17, 15) is 5.26 Å². The Kier molecular flexibility index (Phi) is 3.58. The Morgan fingerprint density at radius 3 is 2.91 bits per heavy atom. The summed E-state index contributed by atoms with van der Waals surface area (Å²) < 4.78 is 15.8. The monoisotopic (exact) mass is 296 g/mol. The standard InChI is InChI=1S/C15H12N4O3/c1-9-6-10(2)17-15(11(9)7-16)21-8-13-18-14(19-22-13)12-4-3-5-20-12/h3-6H,8H2,1-2H3. The third-order valence-electron chi connectivity index (χ3n) is 2.97.